The molecule has 1 aliphatic carbocycles. The number of carboxylic acids is 1. The summed E-state index contributed by atoms with van der Waals surface area (Å²) in [5.74, 6) is -2.24. The van der Waals surface area contributed by atoms with Crippen molar-refractivity contribution in [2.75, 3.05) is 6.61 Å². The molecule has 3 rings (SSSR count). The molecular weight excluding hydrogens is 254 g/mol. The summed E-state index contributed by atoms with van der Waals surface area (Å²) in [4.78, 5) is 11.0. The zero-order valence-corrected chi connectivity index (χ0v) is 10.3. The van der Waals surface area contributed by atoms with E-state index in [-0.39, 0.29) is 23.7 Å². The van der Waals surface area contributed by atoms with E-state index in [0.29, 0.717) is 18.6 Å². The molecule has 1 N–H and O–H groups in total. The summed E-state index contributed by atoms with van der Waals surface area (Å²) in [6, 6.07) is 0.861. The second kappa shape index (κ2) is 4.47. The fourth-order valence-electron chi connectivity index (χ4n) is 2.85. The number of hydrogen-bond acceptors (Lipinski definition) is 2. The lowest BCUT2D eigenvalue weighted by Crippen LogP contribution is -2.12. The highest BCUT2D eigenvalue weighted by Crippen LogP contribution is 2.49. The maximum Gasteiger partial charge on any atom is 0.303 e. The minimum Gasteiger partial charge on any atom is -0.492 e. The topological polar surface area (TPSA) is 46.5 Å². The molecule has 0 saturated heterocycles. The van der Waals surface area contributed by atoms with Crippen molar-refractivity contribution in [1.82, 2.24) is 0 Å². The number of fused-ring (bicyclic) bond motifs is 1. The summed E-state index contributed by atoms with van der Waals surface area (Å²) < 4.78 is 33.1. The normalized spacial score (nSPS) is 18.8. The van der Waals surface area contributed by atoms with E-state index in [0.717, 1.165) is 18.9 Å². The van der Waals surface area contributed by atoms with E-state index < -0.39 is 23.5 Å². The van der Waals surface area contributed by atoms with Crippen molar-refractivity contribution < 1.29 is 23.4 Å². The zero-order valence-electron chi connectivity index (χ0n) is 10.3. The molecule has 2 aliphatic rings. The Hall–Kier alpha value is -1.65. The van der Waals surface area contributed by atoms with Gasteiger partial charge in [0.2, 0.25) is 0 Å². The summed E-state index contributed by atoms with van der Waals surface area (Å²) in [5.41, 5.74) is 0.645. The molecule has 1 aromatic carbocycles. The van der Waals surface area contributed by atoms with Gasteiger partial charge in [0.15, 0.2) is 0 Å². The first-order valence-corrected chi connectivity index (χ1v) is 6.43. The van der Waals surface area contributed by atoms with E-state index in [2.05, 4.69) is 0 Å². The summed E-state index contributed by atoms with van der Waals surface area (Å²) in [5, 5.41) is 8.98. The van der Waals surface area contributed by atoms with Gasteiger partial charge in [-0.25, -0.2) is 8.78 Å². The van der Waals surface area contributed by atoms with Crippen LogP contribution in [0, 0.1) is 17.6 Å². The van der Waals surface area contributed by atoms with Crippen LogP contribution in [0.25, 0.3) is 0 Å². The highest BCUT2D eigenvalue weighted by Gasteiger charge is 2.39. The zero-order chi connectivity index (χ0) is 13.6. The fraction of sp³-hybridized carbons (Fsp3) is 0.500. The van der Waals surface area contributed by atoms with Crippen LogP contribution in [0.2, 0.25) is 0 Å². The summed E-state index contributed by atoms with van der Waals surface area (Å²) >= 11 is 0. The van der Waals surface area contributed by atoms with Crippen LogP contribution in [0.4, 0.5) is 8.78 Å². The van der Waals surface area contributed by atoms with Gasteiger partial charge in [-0.1, -0.05) is 0 Å². The monoisotopic (exact) mass is 268 g/mol. The van der Waals surface area contributed by atoms with E-state index in [9.17, 15) is 13.6 Å². The van der Waals surface area contributed by atoms with Gasteiger partial charge in [-0.2, -0.15) is 0 Å². The first-order valence-electron chi connectivity index (χ1n) is 6.43. The molecule has 0 amide bonds. The largest absolute Gasteiger partial charge is 0.492 e. The highest BCUT2D eigenvalue weighted by atomic mass is 19.1. The number of halogens is 2. The van der Waals surface area contributed by atoms with E-state index >= 15 is 0 Å². The lowest BCUT2D eigenvalue weighted by Gasteiger charge is -2.18. The molecule has 19 heavy (non-hydrogen) atoms. The Bertz CT molecular complexity index is 538. The third-order valence-corrected chi connectivity index (χ3v) is 3.87. The minimum absolute atomic E-state index is 0.136. The van der Waals surface area contributed by atoms with Crippen molar-refractivity contribution in [3.8, 4) is 5.75 Å². The molecule has 1 fully saturated rings. The molecule has 1 heterocycles. The number of carbonyl (C=O) groups is 1. The Kier molecular flexibility index (Phi) is 2.92. The molecule has 1 unspecified atom stereocenters. The summed E-state index contributed by atoms with van der Waals surface area (Å²) in [6.45, 7) is 0.327. The van der Waals surface area contributed by atoms with Crippen molar-refractivity contribution in [1.29, 1.82) is 0 Å². The Morgan fingerprint density at radius 1 is 1.42 bits per heavy atom. The van der Waals surface area contributed by atoms with Gasteiger partial charge in [-0.05, 0) is 18.8 Å². The Balaban J connectivity index is 2.07. The number of hydrogen-bond donors (Lipinski definition) is 1. The van der Waals surface area contributed by atoms with E-state index in [1.807, 2.05) is 0 Å². The van der Waals surface area contributed by atoms with Crippen molar-refractivity contribution in [3.63, 3.8) is 0 Å². The van der Waals surface area contributed by atoms with Gasteiger partial charge in [0, 0.05) is 29.5 Å². The maximum absolute atomic E-state index is 14.1. The van der Waals surface area contributed by atoms with Crippen molar-refractivity contribution >= 4 is 5.97 Å². The first-order chi connectivity index (χ1) is 9.08. The highest BCUT2D eigenvalue weighted by molar-refractivity contribution is 5.69. The van der Waals surface area contributed by atoms with Gasteiger partial charge in [0.25, 0.3) is 0 Å². The van der Waals surface area contributed by atoms with Gasteiger partial charge in [0.05, 0.1) is 13.0 Å². The Labute approximate surface area is 109 Å². The first kappa shape index (κ1) is 12.4. The summed E-state index contributed by atoms with van der Waals surface area (Å²) in [6.07, 6.45) is 2.06. The lowest BCUT2D eigenvalue weighted by atomic mass is 9.88. The molecule has 1 atom stereocenters. The molecule has 102 valence electrons. The fourth-order valence-corrected chi connectivity index (χ4v) is 2.85. The maximum atomic E-state index is 14.1. The van der Waals surface area contributed by atoms with E-state index in [4.69, 9.17) is 9.84 Å². The molecule has 0 aromatic heterocycles. The van der Waals surface area contributed by atoms with Crippen molar-refractivity contribution in [2.45, 2.75) is 31.6 Å². The molecular formula is C14H14F2O3. The molecule has 3 nitrogen and oxygen atoms in total. The predicted molar refractivity (Wildman–Crippen MR) is 63.3 cm³/mol. The number of rotatable bonds is 4. The Morgan fingerprint density at radius 3 is 2.79 bits per heavy atom. The molecule has 1 aromatic rings. The van der Waals surface area contributed by atoms with Gasteiger partial charge < -0.3 is 9.84 Å². The van der Waals surface area contributed by atoms with Crippen LogP contribution in [0.1, 0.15) is 36.3 Å². The van der Waals surface area contributed by atoms with Gasteiger partial charge in [-0.15, -0.1) is 0 Å². The SMILES string of the molecule is O=C(O)CC(c1c(F)cc(F)c2c1OCC2)C1CC1. The van der Waals surface area contributed by atoms with Crippen LogP contribution in [0.5, 0.6) is 5.75 Å². The van der Waals surface area contributed by atoms with E-state index in [1.165, 1.54) is 0 Å². The lowest BCUT2D eigenvalue weighted by molar-refractivity contribution is -0.137. The molecule has 5 heteroatoms. The van der Waals surface area contributed by atoms with Gasteiger partial charge in [-0.3, -0.25) is 4.79 Å². The van der Waals surface area contributed by atoms with Crippen LogP contribution in [-0.4, -0.2) is 17.7 Å². The Morgan fingerprint density at radius 2 is 2.16 bits per heavy atom. The average Bonchev–Trinajstić information content (AvgIpc) is 3.05. The molecule has 0 radical (unpaired) electrons. The number of carboxylic acid groups (broad SMARTS) is 1. The smallest absolute Gasteiger partial charge is 0.303 e. The minimum atomic E-state index is -0.965. The second-order valence-electron chi connectivity index (χ2n) is 5.20. The van der Waals surface area contributed by atoms with Gasteiger partial charge >= 0.3 is 5.97 Å². The molecule has 0 bridgehead atoms. The van der Waals surface area contributed by atoms with E-state index in [1.54, 1.807) is 0 Å². The molecule has 1 saturated carbocycles. The van der Waals surface area contributed by atoms with Crippen LogP contribution < -0.4 is 4.74 Å². The van der Waals surface area contributed by atoms with Gasteiger partial charge in [0.1, 0.15) is 17.4 Å². The predicted octanol–water partition coefficient (Wildman–Crippen LogP) is 2.87. The average molecular weight is 268 g/mol. The number of aliphatic carboxylic acids is 1. The number of benzene rings is 1. The van der Waals surface area contributed by atoms with Crippen LogP contribution >= 0.6 is 0 Å². The third-order valence-electron chi connectivity index (χ3n) is 3.87. The number of ether oxygens (including phenoxy) is 1. The molecule has 0 spiro atoms. The summed E-state index contributed by atoms with van der Waals surface area (Å²) in [7, 11) is 0. The van der Waals surface area contributed by atoms with Crippen molar-refractivity contribution in [3.05, 3.63) is 28.8 Å². The molecule has 1 aliphatic heterocycles. The standard InChI is InChI=1S/C14H14F2O3/c15-10-6-11(16)13(14-8(10)3-4-19-14)9(5-12(17)18)7-1-2-7/h6-7,9H,1-5H2,(H,17,18). The van der Waals surface area contributed by atoms with Crippen LogP contribution in [-0.2, 0) is 11.2 Å². The van der Waals surface area contributed by atoms with Crippen LogP contribution in [0.3, 0.4) is 0 Å². The van der Waals surface area contributed by atoms with Crippen molar-refractivity contribution in [2.24, 2.45) is 5.92 Å². The third kappa shape index (κ3) is 2.17. The second-order valence-corrected chi connectivity index (χ2v) is 5.20. The quantitative estimate of drug-likeness (QED) is 0.913. The van der Waals surface area contributed by atoms with Crippen LogP contribution in [0.15, 0.2) is 6.07 Å².